The van der Waals surface area contributed by atoms with Crippen LogP contribution < -0.4 is 4.74 Å². The minimum Gasteiger partial charge on any atom is -0.497 e. The Bertz CT molecular complexity index is 310. The van der Waals surface area contributed by atoms with Crippen molar-refractivity contribution in [2.75, 3.05) is 7.11 Å². The molecule has 0 amide bonds. The van der Waals surface area contributed by atoms with E-state index in [-0.39, 0.29) is 0 Å². The molecule has 2 nitrogen and oxygen atoms in total. The molecule has 1 aromatic rings. The van der Waals surface area contributed by atoms with Crippen molar-refractivity contribution in [1.29, 1.82) is 0 Å². The van der Waals surface area contributed by atoms with Crippen LogP contribution in [-0.4, -0.2) is 13.4 Å². The Morgan fingerprint density at radius 3 is 2.93 bits per heavy atom. The lowest BCUT2D eigenvalue weighted by molar-refractivity contribution is -0.107. The first kappa shape index (κ1) is 11.2. The normalized spacial score (nSPS) is 9.86. The first-order valence-electron chi connectivity index (χ1n) is 4.54. The SMILES string of the molecule is COc1ccc(Br)c(CCCC=O)c1. The highest BCUT2D eigenvalue weighted by Crippen LogP contribution is 2.23. The number of hydrogen-bond donors (Lipinski definition) is 0. The summed E-state index contributed by atoms with van der Waals surface area (Å²) < 4.78 is 6.20. The molecule has 14 heavy (non-hydrogen) atoms. The first-order valence-corrected chi connectivity index (χ1v) is 5.33. The average Bonchev–Trinajstić information content (AvgIpc) is 2.21. The number of rotatable bonds is 5. The number of aryl methyl sites for hydroxylation is 1. The molecule has 0 atom stereocenters. The molecule has 0 aliphatic heterocycles. The molecular weight excluding hydrogens is 244 g/mol. The third-order valence-corrected chi connectivity index (χ3v) is 2.79. The molecule has 0 saturated carbocycles. The second-order valence-corrected chi connectivity index (χ2v) is 3.87. The minimum atomic E-state index is 0.615. The summed E-state index contributed by atoms with van der Waals surface area (Å²) in [6, 6.07) is 5.87. The number of hydrogen-bond acceptors (Lipinski definition) is 2. The Balaban J connectivity index is 2.68. The van der Waals surface area contributed by atoms with Crippen LogP contribution in [0.2, 0.25) is 0 Å². The van der Waals surface area contributed by atoms with E-state index in [4.69, 9.17) is 4.74 Å². The van der Waals surface area contributed by atoms with Gasteiger partial charge in [-0.25, -0.2) is 0 Å². The molecule has 0 saturated heterocycles. The monoisotopic (exact) mass is 256 g/mol. The lowest BCUT2D eigenvalue weighted by atomic mass is 10.1. The molecule has 0 aliphatic carbocycles. The van der Waals surface area contributed by atoms with Gasteiger partial charge in [-0.15, -0.1) is 0 Å². The third kappa shape index (κ3) is 3.14. The Morgan fingerprint density at radius 2 is 2.29 bits per heavy atom. The van der Waals surface area contributed by atoms with Crippen molar-refractivity contribution >= 4 is 22.2 Å². The zero-order valence-corrected chi connectivity index (χ0v) is 9.71. The van der Waals surface area contributed by atoms with Gasteiger partial charge in [-0.3, -0.25) is 0 Å². The molecule has 0 aromatic heterocycles. The van der Waals surface area contributed by atoms with Gasteiger partial charge in [0.15, 0.2) is 0 Å². The largest absolute Gasteiger partial charge is 0.497 e. The highest BCUT2D eigenvalue weighted by atomic mass is 79.9. The standard InChI is InChI=1S/C11H13BrO2/c1-14-10-5-6-11(12)9(8-10)4-2-3-7-13/h5-8H,2-4H2,1H3. The smallest absolute Gasteiger partial charge is 0.120 e. The van der Waals surface area contributed by atoms with Crippen molar-refractivity contribution in [3.63, 3.8) is 0 Å². The summed E-state index contributed by atoms with van der Waals surface area (Å²) in [7, 11) is 1.65. The van der Waals surface area contributed by atoms with E-state index in [1.54, 1.807) is 7.11 Å². The third-order valence-electron chi connectivity index (χ3n) is 2.02. The van der Waals surface area contributed by atoms with E-state index < -0.39 is 0 Å². The fourth-order valence-corrected chi connectivity index (χ4v) is 1.69. The van der Waals surface area contributed by atoms with E-state index in [0.717, 1.165) is 29.4 Å². The topological polar surface area (TPSA) is 26.3 Å². The van der Waals surface area contributed by atoms with Crippen LogP contribution in [0, 0.1) is 0 Å². The van der Waals surface area contributed by atoms with Crippen molar-refractivity contribution in [3.05, 3.63) is 28.2 Å². The molecule has 1 rings (SSSR count). The quantitative estimate of drug-likeness (QED) is 0.598. The van der Waals surface area contributed by atoms with Gasteiger partial charge in [0.25, 0.3) is 0 Å². The number of carbonyl (C=O) groups excluding carboxylic acids is 1. The molecule has 0 radical (unpaired) electrons. The second-order valence-electron chi connectivity index (χ2n) is 3.02. The Morgan fingerprint density at radius 1 is 1.50 bits per heavy atom. The number of unbranched alkanes of at least 4 members (excludes halogenated alkanes) is 1. The van der Waals surface area contributed by atoms with E-state index in [2.05, 4.69) is 15.9 Å². The lowest BCUT2D eigenvalue weighted by Crippen LogP contribution is -1.90. The number of benzene rings is 1. The van der Waals surface area contributed by atoms with Crippen LogP contribution in [0.3, 0.4) is 0 Å². The fourth-order valence-electron chi connectivity index (χ4n) is 1.25. The molecule has 0 fully saturated rings. The Labute approximate surface area is 92.4 Å². The predicted molar refractivity (Wildman–Crippen MR) is 59.7 cm³/mol. The molecule has 0 aliphatic rings. The van der Waals surface area contributed by atoms with Gasteiger partial charge >= 0.3 is 0 Å². The van der Waals surface area contributed by atoms with E-state index in [0.29, 0.717) is 6.42 Å². The summed E-state index contributed by atoms with van der Waals surface area (Å²) >= 11 is 3.47. The van der Waals surface area contributed by atoms with E-state index in [1.165, 1.54) is 5.56 Å². The summed E-state index contributed by atoms with van der Waals surface area (Å²) in [6.45, 7) is 0. The predicted octanol–water partition coefficient (Wildman–Crippen LogP) is 2.98. The van der Waals surface area contributed by atoms with Gasteiger partial charge < -0.3 is 9.53 Å². The van der Waals surface area contributed by atoms with Crippen LogP contribution in [0.1, 0.15) is 18.4 Å². The van der Waals surface area contributed by atoms with Gasteiger partial charge in [0.1, 0.15) is 12.0 Å². The van der Waals surface area contributed by atoms with Gasteiger partial charge in [-0.1, -0.05) is 15.9 Å². The summed E-state index contributed by atoms with van der Waals surface area (Å²) in [6.07, 6.45) is 3.35. The van der Waals surface area contributed by atoms with Crippen molar-refractivity contribution < 1.29 is 9.53 Å². The zero-order chi connectivity index (χ0) is 10.4. The number of ether oxygens (including phenoxy) is 1. The van der Waals surface area contributed by atoms with Gasteiger partial charge in [0.05, 0.1) is 7.11 Å². The molecule has 3 heteroatoms. The molecule has 0 heterocycles. The van der Waals surface area contributed by atoms with Gasteiger partial charge in [-0.05, 0) is 36.6 Å². The summed E-state index contributed by atoms with van der Waals surface area (Å²) in [5.74, 6) is 0.856. The fraction of sp³-hybridized carbons (Fsp3) is 0.364. The molecule has 0 N–H and O–H groups in total. The van der Waals surface area contributed by atoms with Crippen LogP contribution in [0.15, 0.2) is 22.7 Å². The minimum absolute atomic E-state index is 0.615. The second kappa shape index (κ2) is 5.81. The summed E-state index contributed by atoms with van der Waals surface area (Å²) in [5, 5.41) is 0. The van der Waals surface area contributed by atoms with Crippen LogP contribution in [0.25, 0.3) is 0 Å². The summed E-state index contributed by atoms with van der Waals surface area (Å²) in [4.78, 5) is 10.2. The van der Waals surface area contributed by atoms with E-state index in [1.807, 2.05) is 18.2 Å². The van der Waals surface area contributed by atoms with Crippen molar-refractivity contribution in [3.8, 4) is 5.75 Å². The van der Waals surface area contributed by atoms with Crippen molar-refractivity contribution in [2.45, 2.75) is 19.3 Å². The van der Waals surface area contributed by atoms with Crippen molar-refractivity contribution in [1.82, 2.24) is 0 Å². The molecule has 0 unspecified atom stereocenters. The maximum atomic E-state index is 10.2. The highest BCUT2D eigenvalue weighted by molar-refractivity contribution is 9.10. The maximum absolute atomic E-state index is 10.2. The van der Waals surface area contributed by atoms with Crippen LogP contribution >= 0.6 is 15.9 Å². The molecule has 1 aromatic carbocycles. The van der Waals surface area contributed by atoms with Crippen LogP contribution in [0.5, 0.6) is 5.75 Å². The highest BCUT2D eigenvalue weighted by Gasteiger charge is 2.01. The summed E-state index contributed by atoms with van der Waals surface area (Å²) in [5.41, 5.74) is 1.19. The number of carbonyl (C=O) groups is 1. The lowest BCUT2D eigenvalue weighted by Gasteiger charge is -2.06. The van der Waals surface area contributed by atoms with E-state index >= 15 is 0 Å². The average molecular weight is 257 g/mol. The molecule has 0 bridgehead atoms. The van der Waals surface area contributed by atoms with Crippen LogP contribution in [-0.2, 0) is 11.2 Å². The van der Waals surface area contributed by atoms with E-state index in [9.17, 15) is 4.79 Å². The number of aldehydes is 1. The number of halogens is 1. The van der Waals surface area contributed by atoms with Crippen molar-refractivity contribution in [2.24, 2.45) is 0 Å². The maximum Gasteiger partial charge on any atom is 0.120 e. The van der Waals surface area contributed by atoms with Gasteiger partial charge in [-0.2, -0.15) is 0 Å². The first-order chi connectivity index (χ1) is 6.77. The van der Waals surface area contributed by atoms with Gasteiger partial charge in [0.2, 0.25) is 0 Å². The zero-order valence-electron chi connectivity index (χ0n) is 8.13. The van der Waals surface area contributed by atoms with Gasteiger partial charge in [0, 0.05) is 10.9 Å². The molecule has 76 valence electrons. The Kier molecular flexibility index (Phi) is 4.66. The Hall–Kier alpha value is -0.830. The molecular formula is C11H13BrO2. The molecule has 0 spiro atoms. The number of methoxy groups -OCH3 is 1. The van der Waals surface area contributed by atoms with Crippen LogP contribution in [0.4, 0.5) is 0 Å².